The summed E-state index contributed by atoms with van der Waals surface area (Å²) in [7, 11) is 0. The van der Waals surface area contributed by atoms with Gasteiger partial charge in [-0.2, -0.15) is 0 Å². The monoisotopic (exact) mass is 519 g/mol. The summed E-state index contributed by atoms with van der Waals surface area (Å²) in [5.41, 5.74) is 3.40. The van der Waals surface area contributed by atoms with Gasteiger partial charge in [-0.05, 0) is 60.4 Å². The maximum Gasteiger partial charge on any atom is 0.329 e. The first-order valence-corrected chi connectivity index (χ1v) is 12.1. The third-order valence-electron chi connectivity index (χ3n) is 5.89. The van der Waals surface area contributed by atoms with Gasteiger partial charge in [-0.1, -0.05) is 19.1 Å². The Kier molecular flexibility index (Phi) is 8.42. The van der Waals surface area contributed by atoms with Crippen molar-refractivity contribution in [3.05, 3.63) is 89.3 Å². The Bertz CT molecular complexity index is 1410. The molecule has 196 valence electrons. The molecule has 1 aliphatic heterocycles. The van der Waals surface area contributed by atoms with Gasteiger partial charge in [-0.15, -0.1) is 0 Å². The molecular weight excluding hydrogens is 492 g/mol. The van der Waals surface area contributed by atoms with Crippen molar-refractivity contribution in [3.8, 4) is 5.75 Å². The Labute approximate surface area is 219 Å². The normalized spacial score (nSPS) is 12.9. The van der Waals surface area contributed by atoms with E-state index in [-0.39, 0.29) is 24.0 Å². The van der Waals surface area contributed by atoms with Crippen LogP contribution in [0.4, 0.5) is 25.0 Å². The summed E-state index contributed by atoms with van der Waals surface area (Å²) in [6.07, 6.45) is 6.12. The van der Waals surface area contributed by atoms with E-state index in [4.69, 9.17) is 4.74 Å². The van der Waals surface area contributed by atoms with Crippen molar-refractivity contribution >= 4 is 35.3 Å². The van der Waals surface area contributed by atoms with Crippen LogP contribution in [0.2, 0.25) is 0 Å². The minimum atomic E-state index is -0.707. The second-order valence-corrected chi connectivity index (χ2v) is 8.60. The van der Waals surface area contributed by atoms with E-state index in [0.717, 1.165) is 42.0 Å². The fourth-order valence-electron chi connectivity index (χ4n) is 4.09. The van der Waals surface area contributed by atoms with Gasteiger partial charge in [0.1, 0.15) is 17.4 Å². The van der Waals surface area contributed by atoms with Crippen LogP contribution >= 0.6 is 0 Å². The number of pyridine rings is 1. The highest BCUT2D eigenvalue weighted by molar-refractivity contribution is 6.06. The van der Waals surface area contributed by atoms with E-state index in [1.807, 2.05) is 19.9 Å². The van der Waals surface area contributed by atoms with E-state index >= 15 is 0 Å². The quantitative estimate of drug-likeness (QED) is 0.253. The van der Waals surface area contributed by atoms with Crippen molar-refractivity contribution in [2.45, 2.75) is 33.2 Å². The number of amides is 3. The molecule has 4 rings (SSSR count). The zero-order valence-electron chi connectivity index (χ0n) is 21.0. The number of rotatable bonds is 7. The predicted molar refractivity (Wildman–Crippen MR) is 141 cm³/mol. The molecule has 1 aliphatic rings. The first kappa shape index (κ1) is 26.5. The van der Waals surface area contributed by atoms with Gasteiger partial charge in [0.05, 0.1) is 36.9 Å². The van der Waals surface area contributed by atoms with Gasteiger partial charge in [0.25, 0.3) is 0 Å². The Balaban J connectivity index is 1.64. The number of aliphatic imine (C=N–C) groups is 1. The molecule has 0 saturated heterocycles. The molecule has 0 bridgehead atoms. The van der Waals surface area contributed by atoms with Crippen molar-refractivity contribution in [2.75, 3.05) is 11.5 Å². The van der Waals surface area contributed by atoms with Gasteiger partial charge in [0.15, 0.2) is 0 Å². The van der Waals surface area contributed by atoms with Gasteiger partial charge in [0.2, 0.25) is 12.4 Å². The number of allylic oxidation sites excluding steroid dienone is 2. The highest BCUT2D eigenvalue weighted by Crippen LogP contribution is 2.29. The van der Waals surface area contributed by atoms with Gasteiger partial charge >= 0.3 is 6.03 Å². The highest BCUT2D eigenvalue weighted by atomic mass is 19.1. The number of aromatic nitrogens is 1. The first-order chi connectivity index (χ1) is 18.4. The standard InChI is InChI=1S/C28H27F2N5O3/c1-3-4-18(2)24-11-19(5-7-25(24)30)16-35(23-13-21(29)14-31-15-23)28(37)34-27(32-17-36)33-22-6-8-26-20(12-22)9-10-38-26/h4-8,11-15,17H,3,9-10,16H2,1-2H3,(H2,32,33,34,36,37)/b18-4+. The number of nitrogens with one attached hydrogen (secondary N) is 2. The van der Waals surface area contributed by atoms with Crippen LogP contribution < -0.4 is 20.3 Å². The number of hydrogen-bond acceptors (Lipinski definition) is 5. The zero-order valence-corrected chi connectivity index (χ0v) is 21.0. The van der Waals surface area contributed by atoms with Crippen LogP contribution in [-0.2, 0) is 17.8 Å². The molecule has 0 spiro atoms. The first-order valence-electron chi connectivity index (χ1n) is 12.1. The molecule has 0 fully saturated rings. The van der Waals surface area contributed by atoms with Crippen molar-refractivity contribution in [1.82, 2.24) is 15.6 Å². The molecule has 2 aromatic carbocycles. The number of hydrogen-bond donors (Lipinski definition) is 2. The number of fused-ring (bicyclic) bond motifs is 1. The molecule has 3 amide bonds. The second-order valence-electron chi connectivity index (χ2n) is 8.60. The summed E-state index contributed by atoms with van der Waals surface area (Å²) < 4.78 is 34.1. The van der Waals surface area contributed by atoms with Crippen LogP contribution in [-0.4, -0.2) is 30.0 Å². The molecule has 1 aromatic heterocycles. The van der Waals surface area contributed by atoms with E-state index in [0.29, 0.717) is 29.8 Å². The third-order valence-corrected chi connectivity index (χ3v) is 5.89. The lowest BCUT2D eigenvalue weighted by Gasteiger charge is -2.24. The number of carbonyl (C=O) groups excluding carboxylic acids is 2. The van der Waals surface area contributed by atoms with Crippen LogP contribution in [0.5, 0.6) is 5.75 Å². The molecule has 8 nitrogen and oxygen atoms in total. The van der Waals surface area contributed by atoms with Crippen LogP contribution in [0.1, 0.15) is 37.0 Å². The van der Waals surface area contributed by atoms with Crippen LogP contribution in [0.25, 0.3) is 5.57 Å². The van der Waals surface area contributed by atoms with Gasteiger partial charge < -0.3 is 4.74 Å². The number of nitrogens with zero attached hydrogens (tertiary/aromatic N) is 3. The lowest BCUT2D eigenvalue weighted by atomic mass is 10.0. The fourth-order valence-corrected chi connectivity index (χ4v) is 4.09. The van der Waals surface area contributed by atoms with Gasteiger partial charge in [-0.25, -0.2) is 18.6 Å². The van der Waals surface area contributed by atoms with E-state index in [1.54, 1.807) is 30.3 Å². The van der Waals surface area contributed by atoms with Crippen LogP contribution in [0.3, 0.4) is 0 Å². The lowest BCUT2D eigenvalue weighted by molar-refractivity contribution is -0.108. The maximum atomic E-state index is 14.5. The SMILES string of the molecule is CC/C=C(\C)c1cc(CN(C(=O)NC(=Nc2ccc3c(c2)CCO3)NC=O)c2cncc(F)c2)ccc1F. The molecule has 0 unspecified atom stereocenters. The molecule has 0 saturated carbocycles. The summed E-state index contributed by atoms with van der Waals surface area (Å²) in [6, 6.07) is 10.3. The van der Waals surface area contributed by atoms with Crippen LogP contribution in [0, 0.1) is 11.6 Å². The van der Waals surface area contributed by atoms with Gasteiger partial charge in [0, 0.05) is 18.1 Å². The number of ether oxygens (including phenoxy) is 1. The molecule has 3 aromatic rings. The molecule has 0 radical (unpaired) electrons. The molecular formula is C28H27F2N5O3. The Morgan fingerprint density at radius 3 is 2.79 bits per heavy atom. The van der Waals surface area contributed by atoms with Crippen LogP contribution in [0.15, 0.2) is 65.9 Å². The Hall–Kier alpha value is -4.60. The zero-order chi connectivity index (χ0) is 27.1. The molecule has 2 heterocycles. The number of halogens is 2. The predicted octanol–water partition coefficient (Wildman–Crippen LogP) is 5.26. The Morgan fingerprint density at radius 1 is 1.18 bits per heavy atom. The van der Waals surface area contributed by atoms with Crippen molar-refractivity contribution in [1.29, 1.82) is 0 Å². The minimum Gasteiger partial charge on any atom is -0.493 e. The lowest BCUT2D eigenvalue weighted by Crippen LogP contribution is -2.47. The largest absolute Gasteiger partial charge is 0.493 e. The minimum absolute atomic E-state index is 0.0335. The average molecular weight is 520 g/mol. The van der Waals surface area contributed by atoms with E-state index in [2.05, 4.69) is 20.6 Å². The molecule has 38 heavy (non-hydrogen) atoms. The number of guanidine groups is 1. The van der Waals surface area contributed by atoms with Crippen molar-refractivity contribution < 1.29 is 23.1 Å². The smallest absolute Gasteiger partial charge is 0.329 e. The topological polar surface area (TPSA) is 95.9 Å². The van der Waals surface area contributed by atoms with E-state index in [9.17, 15) is 18.4 Å². The number of urea groups is 1. The summed E-state index contributed by atoms with van der Waals surface area (Å²) in [4.78, 5) is 34.1. The summed E-state index contributed by atoms with van der Waals surface area (Å²) in [6.45, 7) is 4.31. The summed E-state index contributed by atoms with van der Waals surface area (Å²) >= 11 is 0. The highest BCUT2D eigenvalue weighted by Gasteiger charge is 2.20. The molecule has 2 N–H and O–H groups in total. The number of anilines is 1. The number of carbonyl (C=O) groups is 2. The maximum absolute atomic E-state index is 14.5. The second kappa shape index (κ2) is 12.1. The number of benzene rings is 2. The Morgan fingerprint density at radius 2 is 2.03 bits per heavy atom. The fraction of sp³-hybridized carbons (Fsp3) is 0.214. The van der Waals surface area contributed by atoms with Crippen molar-refractivity contribution in [3.63, 3.8) is 0 Å². The van der Waals surface area contributed by atoms with E-state index < -0.39 is 11.8 Å². The summed E-state index contributed by atoms with van der Waals surface area (Å²) in [5, 5.41) is 4.96. The van der Waals surface area contributed by atoms with E-state index in [1.165, 1.54) is 17.2 Å². The molecule has 10 heteroatoms. The third kappa shape index (κ3) is 6.39. The summed E-state index contributed by atoms with van der Waals surface area (Å²) in [5.74, 6) is -0.379. The average Bonchev–Trinajstić information content (AvgIpc) is 3.36. The van der Waals surface area contributed by atoms with Crippen molar-refractivity contribution in [2.24, 2.45) is 4.99 Å². The van der Waals surface area contributed by atoms with Gasteiger partial charge in [-0.3, -0.25) is 25.3 Å². The molecule has 0 aliphatic carbocycles. The molecule has 0 atom stereocenters.